The summed E-state index contributed by atoms with van der Waals surface area (Å²) in [4.78, 5) is 131. The Balaban J connectivity index is 0.803. The number of carbonyl (C=O) groups is 9. The summed E-state index contributed by atoms with van der Waals surface area (Å²) in [5.41, 5.74) is 13.4. The largest absolute Gasteiger partial charge is 0.492 e. The topological polar surface area (TPSA) is 487 Å². The maximum absolute atomic E-state index is 14.8. The highest BCUT2D eigenvalue weighted by Gasteiger charge is 2.55. The summed E-state index contributed by atoms with van der Waals surface area (Å²) < 4.78 is 80.6. The molecule has 734 valence electrons. The van der Waals surface area contributed by atoms with Crippen LogP contribution in [-0.4, -0.2) is 276 Å². The van der Waals surface area contributed by atoms with Gasteiger partial charge in [0.2, 0.25) is 29.0 Å². The fourth-order valence-electron chi connectivity index (χ4n) is 19.7. The molecule has 8 fully saturated rings. The molecule has 2 aromatic carbocycles. The van der Waals surface area contributed by atoms with Crippen LogP contribution < -0.4 is 47.1 Å². The number of thioether (sulfide) groups is 1. The van der Waals surface area contributed by atoms with Crippen molar-refractivity contribution in [1.82, 2.24) is 21.0 Å². The Morgan fingerprint density at radius 1 is 0.774 bits per heavy atom. The lowest BCUT2D eigenvalue weighted by atomic mass is 9.56. The number of benzene rings is 2. The van der Waals surface area contributed by atoms with Gasteiger partial charge in [-0.25, -0.2) is 9.59 Å². The zero-order chi connectivity index (χ0) is 96.4. The number of anilines is 1. The quantitative estimate of drug-likeness (QED) is 0.00747. The van der Waals surface area contributed by atoms with Crippen molar-refractivity contribution in [2.45, 2.75) is 297 Å². The monoisotopic (exact) mass is 2030 g/mol. The van der Waals surface area contributed by atoms with Gasteiger partial charge in [-0.1, -0.05) is 95.5 Å². The summed E-state index contributed by atoms with van der Waals surface area (Å²) in [6.07, 6.45) is -7.22. The molecule has 2 aromatic rings. The minimum Gasteiger partial charge on any atom is -0.492 e. The van der Waals surface area contributed by atoms with E-state index in [4.69, 9.17) is 77.9 Å². The Labute approximate surface area is 802 Å². The van der Waals surface area contributed by atoms with E-state index in [0.29, 0.717) is 69.7 Å². The van der Waals surface area contributed by atoms with E-state index in [9.17, 15) is 68.7 Å². The van der Waals surface area contributed by atoms with Crippen LogP contribution in [0.3, 0.4) is 0 Å². The number of hydrogen-bond acceptors (Lipinski definition) is 33. The summed E-state index contributed by atoms with van der Waals surface area (Å²) in [7, 11) is 10.2. The van der Waals surface area contributed by atoms with Crippen LogP contribution in [0.25, 0.3) is 0 Å². The molecule has 10 aliphatic rings. The number of urea groups is 1. The van der Waals surface area contributed by atoms with Crippen molar-refractivity contribution in [2.24, 2.45) is 47.0 Å². The predicted molar refractivity (Wildman–Crippen MR) is 500 cm³/mol. The van der Waals surface area contributed by atoms with E-state index in [2.05, 4.69) is 45.1 Å². The van der Waals surface area contributed by atoms with Crippen molar-refractivity contribution < 1.29 is 135 Å². The minimum absolute atomic E-state index is 0.000225. The molecular weight excluding hydrogens is 1900 g/mol. The number of amides is 5. The third-order valence-electron chi connectivity index (χ3n) is 26.3. The number of halogens is 1. The van der Waals surface area contributed by atoms with E-state index < -0.39 is 193 Å². The number of unbranched alkanes of at least 4 members (excludes halogenated alkanes) is 1. The molecular formula is C94H130IN7O28S3. The molecule has 0 radical (unpaired) electrons. The van der Waals surface area contributed by atoms with Gasteiger partial charge < -0.3 is 124 Å². The van der Waals surface area contributed by atoms with E-state index in [1.807, 2.05) is 39.5 Å². The molecule has 0 aromatic heterocycles. The number of hydrogen-bond donors (Lipinski definition) is 11. The van der Waals surface area contributed by atoms with Crippen molar-refractivity contribution in [2.75, 3.05) is 72.9 Å². The van der Waals surface area contributed by atoms with E-state index in [-0.39, 0.29) is 121 Å². The number of carbonyl (C=O) groups excluding carboxylic acids is 9. The number of allylic oxidation sites excluding steroid dienone is 2. The van der Waals surface area contributed by atoms with Gasteiger partial charge in [-0.3, -0.25) is 33.6 Å². The van der Waals surface area contributed by atoms with Crippen LogP contribution in [0.2, 0.25) is 0 Å². The molecule has 0 spiro atoms. The molecule has 6 bridgehead atoms. The van der Waals surface area contributed by atoms with Gasteiger partial charge in [0.15, 0.2) is 47.5 Å². The lowest BCUT2D eigenvalue weighted by Gasteiger charge is -2.56. The van der Waals surface area contributed by atoms with Gasteiger partial charge in [0.1, 0.15) is 49.0 Å². The van der Waals surface area contributed by atoms with Gasteiger partial charge >= 0.3 is 18.1 Å². The summed E-state index contributed by atoms with van der Waals surface area (Å²) in [6.45, 7) is 13.5. The number of ether oxygens (including phenoxy) is 13. The zero-order valence-electron chi connectivity index (χ0n) is 77.6. The van der Waals surface area contributed by atoms with Crippen molar-refractivity contribution in [1.29, 1.82) is 0 Å². The van der Waals surface area contributed by atoms with Crippen LogP contribution in [0.5, 0.6) is 17.2 Å². The SMILES string of the molecule is CCN(C(=O)OCc1ccc(NC(=O)[C@H](CCCNC(N)=O)CC(=O)[C@@H](NC(=O)[C@H](CCCCN)CC(C)=O)C(C)C)cc1)[C@H]1CO[C@@H](O[C@H]2[C@H](O[C@H]3C#C/C=C\C#C[C@]4(O)CC(=O)C(CC(=O)OC)=C3/C4=C\CSSC34CC5CC(CC(C5)C3)C4)O[C@H](C)[C@@H](NO[C@H]3C[C@H](O)[C@H](SC(=O)c4c(C)c(I)c(O[C@@H]5O[C@@H](C)[C@H](O)[C@@H](OC)[C@H]5O)c(OC)c4OC)[C@@H](C)O3)[C@@H]2O)C[C@@H]1OC. The normalized spacial score (nSPS) is 31.7. The molecule has 22 atom stereocenters. The average Bonchev–Trinajstić information content (AvgIpc) is 0.752. The Morgan fingerprint density at radius 2 is 1.45 bits per heavy atom. The standard InChI is InChI=1S/C94H130IN7O28S3/c1-14-102(92(115)123-46-54-25-27-60(28-26-54)99-86(111)59(23-21-32-98-91(97)114)38-64(104)75(48(2)3)100-87(112)58(34-49(4)103)22-18-20-31-96)63-47-122-70(41-68(63)117-9)128-83-78(109)76(101-130-71-40-65(105)85(53(8)124-71)132-88(113)72-50(5)74(95)81(84(121-13)80(72)119-11)129-89-79(110)82(120-12)77(108)52(7)126-89)51(6)125-90(83)127-67-24-17-15-16-19-30-94(116)45-66(106)61(39-69(107)118-10)73(67)62(94)29-33-131-133-93-42-55-35-56(43-93)37-57(36-55)44-93/h15-16,25-29,48,51-53,55-59,63,65,67-68,70-71,75-79,82-83,85,89-90,101,105,108-110,116H,14,18,20-23,31-47,96H2,1-13H3,(H,99,111)(H,100,112)(H3,97,98,114)/b16-15-,62-29+/t51-,52+,53-,55?,56?,57?,58-,59-,63+,65+,67+,68+,70+,71+,75+,76-,77+,78+,79-,82-,83-,85-,89+,90+,93?,94+/m1/s1. The van der Waals surface area contributed by atoms with E-state index in [1.54, 1.807) is 83.5 Å². The number of likely N-dealkylation sites (N-methyl/N-ethyl adjacent to an activating group) is 1. The number of methoxy groups -OCH3 is 5. The first-order chi connectivity index (χ1) is 63.5. The number of nitrogens with zero attached hydrogens (tertiary/aromatic N) is 1. The number of hydroxylamine groups is 1. The number of primary amides is 1. The zero-order valence-corrected chi connectivity index (χ0v) is 82.2. The molecule has 0 unspecified atom stereocenters. The predicted octanol–water partition coefficient (Wildman–Crippen LogP) is 8.01. The number of nitrogens with two attached hydrogens (primary N) is 2. The van der Waals surface area contributed by atoms with Crippen LogP contribution in [0.4, 0.5) is 15.3 Å². The first-order valence-corrected chi connectivity index (χ1v) is 49.8. The molecule has 4 saturated heterocycles. The lowest BCUT2D eigenvalue weighted by molar-refractivity contribution is -0.337. The second kappa shape index (κ2) is 49.0. The highest BCUT2D eigenvalue weighted by molar-refractivity contribution is 14.1. The van der Waals surface area contributed by atoms with E-state index in [1.165, 1.54) is 78.8 Å². The number of nitrogens with one attached hydrogen (secondary N) is 4. The van der Waals surface area contributed by atoms with Gasteiger partial charge in [0.05, 0.1) is 104 Å². The molecule has 133 heavy (non-hydrogen) atoms. The molecule has 12 rings (SSSR count). The molecule has 39 heteroatoms. The fourth-order valence-corrected chi connectivity index (χ4v) is 24.7. The average molecular weight is 2030 g/mol. The summed E-state index contributed by atoms with van der Waals surface area (Å²) >= 11 is 2.78. The number of Topliss-reactive ketones (excluding diaryl/α,β-unsaturated/α-hetero) is 3. The summed E-state index contributed by atoms with van der Waals surface area (Å²) in [6, 6.07) is 2.74. The van der Waals surface area contributed by atoms with Crippen molar-refractivity contribution >= 4 is 114 Å². The molecule has 4 saturated carbocycles. The smallest absolute Gasteiger partial charge is 0.410 e. The van der Waals surface area contributed by atoms with Gasteiger partial charge in [-0.15, -0.1) is 0 Å². The third kappa shape index (κ3) is 26.7. The van der Waals surface area contributed by atoms with Crippen LogP contribution in [0.1, 0.15) is 179 Å². The Morgan fingerprint density at radius 3 is 2.08 bits per heavy atom. The number of fused-ring (bicyclic) bond motifs is 2. The number of rotatable bonds is 43. The number of ketones is 3. The lowest BCUT2D eigenvalue weighted by Crippen LogP contribution is -2.65. The van der Waals surface area contributed by atoms with Gasteiger partial charge in [-0.05, 0) is 194 Å². The first kappa shape index (κ1) is 106. The van der Waals surface area contributed by atoms with E-state index in [0.717, 1.165) is 31.0 Å². The van der Waals surface area contributed by atoms with Crippen LogP contribution in [0, 0.1) is 69.7 Å². The van der Waals surface area contributed by atoms with Gasteiger partial charge in [-0.2, -0.15) is 5.48 Å². The maximum Gasteiger partial charge on any atom is 0.410 e. The fraction of sp³-hybridized carbons (Fsp3) is 0.670. The third-order valence-corrected chi connectivity index (χ3v) is 32.0. The van der Waals surface area contributed by atoms with E-state index >= 15 is 0 Å². The Bertz CT molecular complexity index is 4630. The minimum atomic E-state index is -2.12. The maximum atomic E-state index is 14.8. The molecule has 5 amide bonds. The highest BCUT2D eigenvalue weighted by Crippen LogP contribution is 2.63. The molecule has 6 aliphatic carbocycles. The first-order valence-electron chi connectivity index (χ1n) is 45.5. The molecule has 13 N–H and O–H groups in total. The molecule has 4 aliphatic heterocycles. The van der Waals surface area contributed by atoms with Crippen LogP contribution >= 0.6 is 55.9 Å². The van der Waals surface area contributed by atoms with Crippen molar-refractivity contribution in [3.8, 4) is 40.9 Å². The molecule has 4 heterocycles. The highest BCUT2D eigenvalue weighted by atomic mass is 127. The molecule has 35 nitrogen and oxygen atoms in total. The summed E-state index contributed by atoms with van der Waals surface area (Å²) in [5, 5.41) is 66.8. The van der Waals surface area contributed by atoms with Crippen LogP contribution in [0.15, 0.2) is 59.2 Å². The van der Waals surface area contributed by atoms with Crippen molar-refractivity contribution in [3.63, 3.8) is 0 Å². The Kier molecular flexibility index (Phi) is 39.2. The van der Waals surface area contributed by atoms with Gasteiger partial charge in [0.25, 0.3) is 0 Å². The number of esters is 1. The second-order valence-electron chi connectivity index (χ2n) is 36.1. The van der Waals surface area contributed by atoms with Crippen LogP contribution in [-0.2, 0) is 87.6 Å². The summed E-state index contributed by atoms with van der Waals surface area (Å²) in [5.74, 6) is 9.53. The number of aliphatic hydroxyl groups excluding tert-OH is 4. The second-order valence-corrected chi connectivity index (χ2v) is 41.1. The Hall–Kier alpha value is -7.05. The number of aliphatic hydroxyl groups is 5. The van der Waals surface area contributed by atoms with Crippen molar-refractivity contribution in [3.05, 3.63) is 79.5 Å². The van der Waals surface area contributed by atoms with Gasteiger partial charge in [0, 0.05) is 97.7 Å².